The molecule has 8 aliphatic carbocycles. The lowest BCUT2D eigenvalue weighted by molar-refractivity contribution is -0.185. The first-order valence-corrected chi connectivity index (χ1v) is 19.6. The fourth-order valence-electron chi connectivity index (χ4n) is 13.9. The first kappa shape index (κ1) is 35.6. The molecular weight excluding hydrogens is 624 g/mol. The molecule has 6 nitrogen and oxygen atoms in total. The molecule has 50 heavy (non-hydrogen) atoms. The molecule has 0 unspecified atom stereocenters. The number of Topliss-reactive ketones (excluding diaryl/α,β-unsaturated/α-hetero) is 1. The molecule has 6 heteroatoms. The molecule has 270 valence electrons. The zero-order valence-corrected chi connectivity index (χ0v) is 31.2. The second kappa shape index (κ2) is 12.1. The summed E-state index contributed by atoms with van der Waals surface area (Å²) in [6, 6.07) is 0. The van der Waals surface area contributed by atoms with Crippen molar-refractivity contribution in [2.45, 2.75) is 143 Å². The average Bonchev–Trinajstić information content (AvgIpc) is 3.52. The van der Waals surface area contributed by atoms with Gasteiger partial charge in [-0.25, -0.2) is 0 Å². The van der Waals surface area contributed by atoms with Crippen LogP contribution in [0.15, 0.2) is 34.9 Å². The van der Waals surface area contributed by atoms with E-state index in [0.29, 0.717) is 60.1 Å². The molecule has 8 rings (SSSR count). The third-order valence-corrected chi connectivity index (χ3v) is 16.5. The topological polar surface area (TPSA) is 97.7 Å². The second-order valence-electron chi connectivity index (χ2n) is 18.4. The number of carbonyl (C=O) groups excluding carboxylic acids is 4. The Bertz CT molecular complexity index is 1640. The van der Waals surface area contributed by atoms with Gasteiger partial charge in [-0.3, -0.25) is 19.2 Å². The van der Waals surface area contributed by atoms with Crippen LogP contribution < -0.4 is 0 Å². The third kappa shape index (κ3) is 4.98. The molecule has 0 spiro atoms. The molecule has 0 bridgehead atoms. The van der Waals surface area contributed by atoms with Gasteiger partial charge in [0.25, 0.3) is 0 Å². The maximum atomic E-state index is 12.8. The molecule has 1 N–H and O–H groups in total. The van der Waals surface area contributed by atoms with Gasteiger partial charge in [0.1, 0.15) is 5.60 Å². The minimum absolute atomic E-state index is 0.0160. The number of rotatable bonds is 2. The van der Waals surface area contributed by atoms with Crippen molar-refractivity contribution in [3.05, 3.63) is 34.9 Å². The summed E-state index contributed by atoms with van der Waals surface area (Å²) in [5.41, 5.74) is 1.57. The molecule has 12 atom stereocenters. The van der Waals surface area contributed by atoms with E-state index in [1.165, 1.54) is 30.1 Å². The van der Waals surface area contributed by atoms with Crippen molar-refractivity contribution in [1.82, 2.24) is 0 Å². The molecule has 0 aromatic carbocycles. The maximum Gasteiger partial charge on any atom is 0.303 e. The molecule has 0 aromatic rings. The van der Waals surface area contributed by atoms with Crippen molar-refractivity contribution in [1.29, 1.82) is 0 Å². The van der Waals surface area contributed by atoms with E-state index >= 15 is 0 Å². The average molecular weight is 683 g/mol. The van der Waals surface area contributed by atoms with Crippen LogP contribution in [0.5, 0.6) is 0 Å². The van der Waals surface area contributed by atoms with Crippen molar-refractivity contribution < 1.29 is 29.0 Å². The summed E-state index contributed by atoms with van der Waals surface area (Å²) in [5, 5.41) is 10.9. The van der Waals surface area contributed by atoms with Gasteiger partial charge in [-0.05, 0) is 155 Å². The fraction of sp³-hybridized carbons (Fsp3) is 0.727. The van der Waals surface area contributed by atoms with E-state index in [9.17, 15) is 24.3 Å². The van der Waals surface area contributed by atoms with Gasteiger partial charge < -0.3 is 9.84 Å². The number of terminal acetylenes is 1. The van der Waals surface area contributed by atoms with Crippen molar-refractivity contribution in [3.63, 3.8) is 0 Å². The number of carbonyl (C=O) groups is 4. The number of ether oxygens (including phenoxy) is 1. The van der Waals surface area contributed by atoms with Crippen LogP contribution in [-0.4, -0.2) is 39.6 Å². The van der Waals surface area contributed by atoms with Gasteiger partial charge in [-0.1, -0.05) is 43.9 Å². The fourth-order valence-corrected chi connectivity index (χ4v) is 13.9. The SMILES string of the molecule is C#C[C@]1(O)CC[C@H]2[C@@H]3CCC4=CC(=O)CC[C@@H]4[C@H]3CC[C@@]21C.CC(=O)O[C@]1(C(C)=O)CC[C@H]2[C@@H]3C=C(C)C4=CC(=O)CC[C@]4(C)[C@H]3CC[C@@]21C. The molecule has 5 fully saturated rings. The molecule has 8 aliphatic rings. The van der Waals surface area contributed by atoms with Crippen molar-refractivity contribution in [2.24, 2.45) is 57.7 Å². The van der Waals surface area contributed by atoms with E-state index in [-0.39, 0.29) is 33.8 Å². The number of hydrogen-bond acceptors (Lipinski definition) is 6. The molecule has 0 heterocycles. The summed E-state index contributed by atoms with van der Waals surface area (Å²) in [5.74, 6) is 6.68. The maximum absolute atomic E-state index is 12.8. The van der Waals surface area contributed by atoms with E-state index in [1.807, 2.05) is 12.2 Å². The van der Waals surface area contributed by atoms with Gasteiger partial charge in [-0.2, -0.15) is 0 Å². The molecule has 0 amide bonds. The largest absolute Gasteiger partial charge is 0.451 e. The van der Waals surface area contributed by atoms with Crippen molar-refractivity contribution >= 4 is 23.3 Å². The first-order chi connectivity index (χ1) is 23.5. The summed E-state index contributed by atoms with van der Waals surface area (Å²) in [4.78, 5) is 48.5. The predicted octanol–water partition coefficient (Wildman–Crippen LogP) is 8.07. The van der Waals surface area contributed by atoms with E-state index in [1.54, 1.807) is 6.92 Å². The molecular formula is C44H58O6. The quantitative estimate of drug-likeness (QED) is 0.234. The van der Waals surface area contributed by atoms with E-state index < -0.39 is 11.2 Å². The van der Waals surface area contributed by atoms with Crippen LogP contribution in [0.1, 0.15) is 131 Å². The number of ketones is 3. The summed E-state index contributed by atoms with van der Waals surface area (Å²) >= 11 is 0. The van der Waals surface area contributed by atoms with Gasteiger partial charge in [0.2, 0.25) is 0 Å². The molecule has 0 aliphatic heterocycles. The first-order valence-electron chi connectivity index (χ1n) is 19.6. The Labute approximate surface area is 299 Å². The highest BCUT2D eigenvalue weighted by atomic mass is 16.6. The monoisotopic (exact) mass is 682 g/mol. The Hall–Kier alpha value is -2.78. The Morgan fingerprint density at radius 1 is 0.800 bits per heavy atom. The molecule has 0 saturated heterocycles. The Morgan fingerprint density at radius 2 is 1.48 bits per heavy atom. The van der Waals surface area contributed by atoms with Crippen molar-refractivity contribution in [3.8, 4) is 12.3 Å². The lowest BCUT2D eigenvalue weighted by Gasteiger charge is -2.58. The number of hydrogen-bond donors (Lipinski definition) is 1. The number of allylic oxidation sites excluding steroid dienone is 5. The summed E-state index contributed by atoms with van der Waals surface area (Å²) in [6.45, 7) is 11.9. The van der Waals surface area contributed by atoms with Crippen LogP contribution in [-0.2, 0) is 23.9 Å². The third-order valence-electron chi connectivity index (χ3n) is 16.5. The van der Waals surface area contributed by atoms with E-state index in [2.05, 4.69) is 39.7 Å². The molecule has 5 saturated carbocycles. The predicted molar refractivity (Wildman–Crippen MR) is 192 cm³/mol. The van der Waals surface area contributed by atoms with Crippen LogP contribution in [0.4, 0.5) is 0 Å². The lowest BCUT2D eigenvalue weighted by atomic mass is 9.47. The van der Waals surface area contributed by atoms with Crippen LogP contribution in [0.2, 0.25) is 0 Å². The molecule has 0 aromatic heterocycles. The molecule has 0 radical (unpaired) electrons. The van der Waals surface area contributed by atoms with Crippen LogP contribution >= 0.6 is 0 Å². The Balaban J connectivity index is 0.000000161. The Morgan fingerprint density at radius 3 is 2.18 bits per heavy atom. The highest BCUT2D eigenvalue weighted by molar-refractivity contribution is 5.93. The zero-order valence-electron chi connectivity index (χ0n) is 31.2. The second-order valence-corrected chi connectivity index (χ2v) is 18.4. The normalized spacial score (nSPS) is 47.2. The summed E-state index contributed by atoms with van der Waals surface area (Å²) < 4.78 is 5.82. The van der Waals surface area contributed by atoms with Gasteiger partial charge in [0.05, 0.1) is 0 Å². The van der Waals surface area contributed by atoms with Crippen LogP contribution in [0, 0.1) is 70.0 Å². The van der Waals surface area contributed by atoms with Gasteiger partial charge >= 0.3 is 5.97 Å². The highest BCUT2D eigenvalue weighted by Crippen LogP contribution is 2.68. The highest BCUT2D eigenvalue weighted by Gasteiger charge is 2.68. The number of aliphatic hydroxyl groups is 1. The Kier molecular flexibility index (Phi) is 8.65. The van der Waals surface area contributed by atoms with Gasteiger partial charge in [-0.15, -0.1) is 6.42 Å². The number of fused-ring (bicyclic) bond motifs is 10. The summed E-state index contributed by atoms with van der Waals surface area (Å²) in [7, 11) is 0. The van der Waals surface area contributed by atoms with Crippen molar-refractivity contribution in [2.75, 3.05) is 0 Å². The minimum Gasteiger partial charge on any atom is -0.451 e. The zero-order chi connectivity index (χ0) is 36.0. The lowest BCUT2D eigenvalue weighted by Crippen LogP contribution is -2.58. The summed E-state index contributed by atoms with van der Waals surface area (Å²) in [6.07, 6.45) is 24.9. The van der Waals surface area contributed by atoms with E-state index in [4.69, 9.17) is 11.2 Å². The van der Waals surface area contributed by atoms with Gasteiger partial charge in [0.15, 0.2) is 23.0 Å². The smallest absolute Gasteiger partial charge is 0.303 e. The van der Waals surface area contributed by atoms with Crippen LogP contribution in [0.25, 0.3) is 0 Å². The van der Waals surface area contributed by atoms with Crippen LogP contribution in [0.3, 0.4) is 0 Å². The minimum atomic E-state index is -0.990. The standard InChI is InChI=1S/C24H32O4.C20H26O2/c1-14-12-18-19(22(4)9-6-17(27)13-21(14)22)7-10-23(5)20(18)8-11-24(23,15(2)25)28-16(3)26;1-3-20(22)11-9-18-17-6-4-13-12-14(21)5-7-15(13)16(17)8-10-19(18,20)2/h12-13,18-20H,6-11H2,1-5H3;1,12,15-18,22H,4-11H2,2H3/t18-,19+,20+,22-,23+,24+;15-,16+,17+,18-,19-,20-/m10/s1. The van der Waals surface area contributed by atoms with Gasteiger partial charge in [0, 0.05) is 30.6 Å². The van der Waals surface area contributed by atoms with E-state index in [0.717, 1.165) is 70.6 Å². The number of esters is 1.